The highest BCUT2D eigenvalue weighted by atomic mass is 16.5. The van der Waals surface area contributed by atoms with Gasteiger partial charge < -0.3 is 10.1 Å². The van der Waals surface area contributed by atoms with Crippen LogP contribution in [0, 0.1) is 11.8 Å². The van der Waals surface area contributed by atoms with E-state index in [1.165, 1.54) is 0 Å². The smallest absolute Gasteiger partial charge is 0.269 e. The van der Waals surface area contributed by atoms with E-state index in [0.29, 0.717) is 5.92 Å². The quantitative estimate of drug-likeness (QED) is 0.695. The fraction of sp³-hybridized carbons (Fsp3) is 0.409. The van der Waals surface area contributed by atoms with E-state index < -0.39 is 5.60 Å². The second kappa shape index (κ2) is 9.26. The highest BCUT2D eigenvalue weighted by molar-refractivity contribution is 5.98. The Kier molecular flexibility index (Phi) is 7.69. The number of carbonyl (C=O) groups excluding carboxylic acids is 1. The van der Waals surface area contributed by atoms with Gasteiger partial charge in [0.2, 0.25) is 0 Å². The van der Waals surface area contributed by atoms with Gasteiger partial charge in [0.1, 0.15) is 5.76 Å². The monoisotopic (exact) mass is 341 g/mol. The van der Waals surface area contributed by atoms with E-state index in [2.05, 4.69) is 25.7 Å². The summed E-state index contributed by atoms with van der Waals surface area (Å²) in [6, 6.07) is 9.43. The maximum absolute atomic E-state index is 12.5. The van der Waals surface area contributed by atoms with E-state index in [-0.39, 0.29) is 11.8 Å². The molecule has 1 heterocycles. The molecule has 2 rings (SSSR count). The fourth-order valence-corrected chi connectivity index (χ4v) is 2.51. The molecule has 2 unspecified atom stereocenters. The molecule has 25 heavy (non-hydrogen) atoms. The number of hydrogen-bond acceptors (Lipinski definition) is 2. The summed E-state index contributed by atoms with van der Waals surface area (Å²) in [6.07, 6.45) is 5.81. The van der Waals surface area contributed by atoms with Crippen LogP contribution in [0.4, 0.5) is 5.69 Å². The van der Waals surface area contributed by atoms with Crippen LogP contribution in [0.2, 0.25) is 0 Å². The van der Waals surface area contributed by atoms with Crippen LogP contribution < -0.4 is 5.32 Å². The number of hydrogen-bond donors (Lipinski definition) is 1. The average molecular weight is 341 g/mol. The predicted molar refractivity (Wildman–Crippen MR) is 106 cm³/mol. The van der Waals surface area contributed by atoms with Crippen LogP contribution in [0.1, 0.15) is 41.5 Å². The second-order valence-electron chi connectivity index (χ2n) is 6.35. The van der Waals surface area contributed by atoms with Crippen LogP contribution in [0.25, 0.3) is 0 Å². The fourth-order valence-electron chi connectivity index (χ4n) is 2.51. The number of allylic oxidation sites excluding steroid dienone is 4. The summed E-state index contributed by atoms with van der Waals surface area (Å²) in [5.41, 5.74) is 1.10. The highest BCUT2D eigenvalue weighted by Gasteiger charge is 2.52. The normalized spacial score (nSPS) is 23.9. The molecule has 0 aliphatic carbocycles. The first-order chi connectivity index (χ1) is 11.9. The summed E-state index contributed by atoms with van der Waals surface area (Å²) in [7, 11) is 0. The van der Waals surface area contributed by atoms with Gasteiger partial charge in [0.15, 0.2) is 5.60 Å². The first kappa shape index (κ1) is 20.8. The van der Waals surface area contributed by atoms with Gasteiger partial charge in [0.25, 0.3) is 5.91 Å². The van der Waals surface area contributed by atoms with Crippen LogP contribution in [-0.2, 0) is 9.53 Å². The van der Waals surface area contributed by atoms with Crippen molar-refractivity contribution in [2.24, 2.45) is 11.8 Å². The molecule has 1 aliphatic heterocycles. The summed E-state index contributed by atoms with van der Waals surface area (Å²) in [4.78, 5) is 12.5. The van der Waals surface area contributed by atoms with Crippen molar-refractivity contribution in [3.63, 3.8) is 0 Å². The van der Waals surface area contributed by atoms with Crippen LogP contribution in [0.15, 0.2) is 66.5 Å². The minimum atomic E-state index is -0.832. The Bertz CT molecular complexity index is 643. The number of anilines is 1. The molecule has 3 heteroatoms. The Morgan fingerprint density at radius 2 is 1.88 bits per heavy atom. The van der Waals surface area contributed by atoms with Crippen molar-refractivity contribution in [2.45, 2.75) is 47.1 Å². The Balaban J connectivity index is 0.00000151. The SMILES string of the molecule is C=C/C(=C\C=C1\OC(C)(C(=O)Nc2ccccc2)C1C)C(C)C.CC. The van der Waals surface area contributed by atoms with Crippen molar-refractivity contribution >= 4 is 11.6 Å². The minimum absolute atomic E-state index is 0.0284. The molecule has 2 atom stereocenters. The van der Waals surface area contributed by atoms with Gasteiger partial charge in [0, 0.05) is 5.69 Å². The van der Waals surface area contributed by atoms with Gasteiger partial charge in [-0.3, -0.25) is 4.79 Å². The van der Waals surface area contributed by atoms with Crippen molar-refractivity contribution in [3.05, 3.63) is 66.5 Å². The highest BCUT2D eigenvalue weighted by Crippen LogP contribution is 2.42. The second-order valence-corrected chi connectivity index (χ2v) is 6.35. The van der Waals surface area contributed by atoms with Crippen molar-refractivity contribution in [1.82, 2.24) is 0 Å². The molecule has 0 saturated carbocycles. The number of amides is 1. The van der Waals surface area contributed by atoms with Crippen LogP contribution in [-0.4, -0.2) is 11.5 Å². The number of benzene rings is 1. The zero-order valence-corrected chi connectivity index (χ0v) is 16.3. The number of carbonyl (C=O) groups is 1. The van der Waals surface area contributed by atoms with E-state index in [0.717, 1.165) is 17.0 Å². The van der Waals surface area contributed by atoms with Crippen LogP contribution in [0.3, 0.4) is 0 Å². The van der Waals surface area contributed by atoms with Crippen molar-refractivity contribution in [2.75, 3.05) is 5.32 Å². The zero-order chi connectivity index (χ0) is 19.0. The van der Waals surface area contributed by atoms with E-state index in [9.17, 15) is 4.79 Å². The maximum Gasteiger partial charge on any atom is 0.269 e. The topological polar surface area (TPSA) is 38.3 Å². The van der Waals surface area contributed by atoms with Gasteiger partial charge >= 0.3 is 0 Å². The lowest BCUT2D eigenvalue weighted by Crippen LogP contribution is -2.56. The summed E-state index contributed by atoms with van der Waals surface area (Å²) in [5, 5.41) is 2.91. The maximum atomic E-state index is 12.5. The molecule has 1 saturated heterocycles. The Morgan fingerprint density at radius 1 is 1.28 bits per heavy atom. The van der Waals surface area contributed by atoms with Gasteiger partial charge in [-0.25, -0.2) is 0 Å². The number of ether oxygens (including phenoxy) is 1. The molecule has 0 spiro atoms. The standard InChI is InChI=1S/C20H25NO2.C2H6/c1-6-16(14(2)3)12-13-18-15(4)20(5,23-18)19(22)21-17-10-8-7-9-11-17;1-2/h6-15H,1H2,2-5H3,(H,21,22);1-2H3/b16-12+,18-13+;. The summed E-state index contributed by atoms with van der Waals surface area (Å²) < 4.78 is 5.82. The van der Waals surface area contributed by atoms with Crippen LogP contribution in [0.5, 0.6) is 0 Å². The molecular weight excluding hydrogens is 310 g/mol. The number of nitrogens with one attached hydrogen (secondary N) is 1. The molecule has 1 amide bonds. The van der Waals surface area contributed by atoms with E-state index in [1.54, 1.807) is 0 Å². The van der Waals surface area contributed by atoms with Gasteiger partial charge in [-0.05, 0) is 36.6 Å². The lowest BCUT2D eigenvalue weighted by molar-refractivity contribution is -0.162. The molecule has 136 valence electrons. The molecule has 3 nitrogen and oxygen atoms in total. The van der Waals surface area contributed by atoms with E-state index in [1.807, 2.05) is 76.3 Å². The van der Waals surface area contributed by atoms with Gasteiger partial charge in [-0.15, -0.1) is 0 Å². The van der Waals surface area contributed by atoms with Gasteiger partial charge in [0.05, 0.1) is 5.92 Å². The van der Waals surface area contributed by atoms with E-state index in [4.69, 9.17) is 4.74 Å². The van der Waals surface area contributed by atoms with Crippen molar-refractivity contribution in [3.8, 4) is 0 Å². The average Bonchev–Trinajstić information content (AvgIpc) is 2.63. The predicted octanol–water partition coefficient (Wildman–Crippen LogP) is 5.73. The minimum Gasteiger partial charge on any atom is -0.481 e. The summed E-state index contributed by atoms with van der Waals surface area (Å²) in [6.45, 7) is 15.9. The number of para-hydroxylation sites is 1. The third kappa shape index (κ3) is 4.85. The summed E-state index contributed by atoms with van der Waals surface area (Å²) >= 11 is 0. The molecule has 1 aromatic carbocycles. The van der Waals surface area contributed by atoms with E-state index >= 15 is 0 Å². The molecule has 1 fully saturated rings. The van der Waals surface area contributed by atoms with Gasteiger partial charge in [-0.1, -0.05) is 71.5 Å². The van der Waals surface area contributed by atoms with Crippen molar-refractivity contribution in [1.29, 1.82) is 0 Å². The first-order valence-electron chi connectivity index (χ1n) is 8.98. The first-order valence-corrected chi connectivity index (χ1v) is 8.98. The lowest BCUT2D eigenvalue weighted by atomic mass is 9.81. The molecule has 0 radical (unpaired) electrons. The third-order valence-electron chi connectivity index (χ3n) is 4.41. The van der Waals surface area contributed by atoms with Gasteiger partial charge in [-0.2, -0.15) is 0 Å². The Morgan fingerprint density at radius 3 is 2.36 bits per heavy atom. The molecule has 0 bridgehead atoms. The zero-order valence-electron chi connectivity index (χ0n) is 16.3. The summed E-state index contributed by atoms with van der Waals surface area (Å²) in [5.74, 6) is 1.15. The lowest BCUT2D eigenvalue weighted by Gasteiger charge is -2.46. The molecule has 1 N–H and O–H groups in total. The van der Waals surface area contributed by atoms with Crippen LogP contribution >= 0.6 is 0 Å². The molecule has 0 aromatic heterocycles. The Hall–Kier alpha value is -2.29. The third-order valence-corrected chi connectivity index (χ3v) is 4.41. The van der Waals surface area contributed by atoms with Crippen molar-refractivity contribution < 1.29 is 9.53 Å². The molecule has 1 aromatic rings. The molecule has 1 aliphatic rings. The number of rotatable bonds is 5. The molecular formula is C22H31NO2. The largest absolute Gasteiger partial charge is 0.481 e. The Labute approximate surface area is 152 Å².